The van der Waals surface area contributed by atoms with Crippen LogP contribution in [0.15, 0.2) is 95.9 Å². The molecular weight excluding hydrogens is 452 g/mol. The normalized spacial score (nSPS) is 28.3. The standard InChI is InChI=1S/C27H28O6S/c1-30-25-24-22(31-17-19-11-5-2-6-12-19)23(32-18-20-13-7-3-8-14-20)26(33-24)27(25)34(28,29)21-15-9-4-10-16-21/h2-16,22-27H,17-18H2,1H3/t22-,23+,24-,25-,26+,27+/m0/s1. The molecule has 0 amide bonds. The van der Waals surface area contributed by atoms with Crippen LogP contribution >= 0.6 is 0 Å². The summed E-state index contributed by atoms with van der Waals surface area (Å²) in [4.78, 5) is 0.252. The summed E-state index contributed by atoms with van der Waals surface area (Å²) < 4.78 is 51.9. The van der Waals surface area contributed by atoms with Gasteiger partial charge >= 0.3 is 0 Å². The van der Waals surface area contributed by atoms with Crippen molar-refractivity contribution in [2.45, 2.75) is 53.9 Å². The molecule has 0 unspecified atom stereocenters. The van der Waals surface area contributed by atoms with E-state index in [2.05, 4.69) is 0 Å². The van der Waals surface area contributed by atoms with Gasteiger partial charge in [-0.25, -0.2) is 8.42 Å². The predicted octanol–water partition coefficient (Wildman–Crippen LogP) is 3.80. The van der Waals surface area contributed by atoms with Gasteiger partial charge < -0.3 is 18.9 Å². The van der Waals surface area contributed by atoms with Crippen LogP contribution in [-0.4, -0.2) is 51.3 Å². The lowest BCUT2D eigenvalue weighted by Crippen LogP contribution is -2.57. The molecule has 7 heteroatoms. The Morgan fingerprint density at radius 1 is 0.676 bits per heavy atom. The quantitative estimate of drug-likeness (QED) is 0.464. The van der Waals surface area contributed by atoms with Crippen LogP contribution in [0.1, 0.15) is 11.1 Å². The lowest BCUT2D eigenvalue weighted by molar-refractivity contribution is -0.112. The first-order valence-corrected chi connectivity index (χ1v) is 12.9. The first-order valence-electron chi connectivity index (χ1n) is 11.4. The minimum atomic E-state index is -3.72. The van der Waals surface area contributed by atoms with Crippen LogP contribution in [-0.2, 0) is 42.0 Å². The largest absolute Gasteiger partial charge is 0.377 e. The van der Waals surface area contributed by atoms with Crippen LogP contribution in [0, 0.1) is 0 Å². The van der Waals surface area contributed by atoms with Crippen molar-refractivity contribution < 1.29 is 27.4 Å². The Morgan fingerprint density at radius 2 is 1.15 bits per heavy atom. The molecule has 178 valence electrons. The van der Waals surface area contributed by atoms with E-state index in [1.165, 1.54) is 7.11 Å². The Labute approximate surface area is 200 Å². The highest BCUT2D eigenvalue weighted by atomic mass is 32.2. The van der Waals surface area contributed by atoms with Crippen LogP contribution in [0.4, 0.5) is 0 Å². The number of rotatable bonds is 9. The SMILES string of the molecule is CO[C@H]1[C@H]2O[C@H]([C@H](OCc3ccccc3)[C@@H]2OCc2ccccc2)[C@@H]1S(=O)(=O)c1ccccc1. The zero-order chi connectivity index (χ0) is 23.5. The number of hydrogen-bond acceptors (Lipinski definition) is 6. The Balaban J connectivity index is 1.43. The van der Waals surface area contributed by atoms with Crippen molar-refractivity contribution in [3.05, 3.63) is 102 Å². The second-order valence-corrected chi connectivity index (χ2v) is 10.7. The lowest BCUT2D eigenvalue weighted by Gasteiger charge is -2.36. The van der Waals surface area contributed by atoms with Gasteiger partial charge in [-0.15, -0.1) is 0 Å². The fourth-order valence-electron chi connectivity index (χ4n) is 4.91. The van der Waals surface area contributed by atoms with Crippen LogP contribution in [0.5, 0.6) is 0 Å². The Bertz CT molecular complexity index is 1170. The zero-order valence-corrected chi connectivity index (χ0v) is 19.7. The van der Waals surface area contributed by atoms with E-state index in [4.69, 9.17) is 18.9 Å². The van der Waals surface area contributed by atoms with E-state index in [1.807, 2.05) is 60.7 Å². The maximum atomic E-state index is 13.6. The van der Waals surface area contributed by atoms with Crippen molar-refractivity contribution in [1.29, 1.82) is 0 Å². The van der Waals surface area contributed by atoms with Crippen LogP contribution < -0.4 is 0 Å². The van der Waals surface area contributed by atoms with E-state index in [0.717, 1.165) is 11.1 Å². The molecule has 2 saturated heterocycles. The summed E-state index contributed by atoms with van der Waals surface area (Å²) in [5.74, 6) is 0. The van der Waals surface area contributed by atoms with Crippen LogP contribution in [0.3, 0.4) is 0 Å². The van der Waals surface area contributed by atoms with Gasteiger partial charge in [0.25, 0.3) is 0 Å². The average Bonchev–Trinajstić information content (AvgIpc) is 3.44. The first kappa shape index (κ1) is 23.2. The minimum absolute atomic E-state index is 0.252. The van der Waals surface area contributed by atoms with Crippen molar-refractivity contribution in [3.8, 4) is 0 Å². The smallest absolute Gasteiger partial charge is 0.186 e. The van der Waals surface area contributed by atoms with Crippen molar-refractivity contribution in [1.82, 2.24) is 0 Å². The molecule has 2 fully saturated rings. The molecule has 0 aliphatic carbocycles. The number of methoxy groups -OCH3 is 1. The minimum Gasteiger partial charge on any atom is -0.377 e. The molecule has 2 bridgehead atoms. The molecule has 6 atom stereocenters. The summed E-state index contributed by atoms with van der Waals surface area (Å²) in [5, 5.41) is -0.887. The zero-order valence-electron chi connectivity index (χ0n) is 18.9. The highest BCUT2D eigenvalue weighted by molar-refractivity contribution is 7.92. The highest BCUT2D eigenvalue weighted by Gasteiger charge is 2.65. The predicted molar refractivity (Wildman–Crippen MR) is 127 cm³/mol. The summed E-state index contributed by atoms with van der Waals surface area (Å²) in [6.45, 7) is 0.703. The lowest BCUT2D eigenvalue weighted by atomic mass is 9.91. The molecule has 0 aromatic heterocycles. The number of benzene rings is 3. The topological polar surface area (TPSA) is 71.1 Å². The molecule has 3 aromatic rings. The van der Waals surface area contributed by atoms with Crippen molar-refractivity contribution in [2.24, 2.45) is 0 Å². The van der Waals surface area contributed by atoms with Crippen molar-refractivity contribution in [3.63, 3.8) is 0 Å². The van der Waals surface area contributed by atoms with Gasteiger partial charge in [-0.2, -0.15) is 0 Å². The van der Waals surface area contributed by atoms with E-state index in [1.54, 1.807) is 30.3 Å². The van der Waals surface area contributed by atoms with Gasteiger partial charge in [0.05, 0.1) is 18.1 Å². The van der Waals surface area contributed by atoms with Gasteiger partial charge in [0.2, 0.25) is 0 Å². The molecule has 2 aliphatic rings. The Morgan fingerprint density at radius 3 is 1.65 bits per heavy atom. The molecule has 0 saturated carbocycles. The van der Waals surface area contributed by atoms with Crippen molar-refractivity contribution in [2.75, 3.05) is 7.11 Å². The summed E-state index contributed by atoms with van der Waals surface area (Å²) in [6.07, 6.45) is -2.93. The summed E-state index contributed by atoms with van der Waals surface area (Å²) >= 11 is 0. The van der Waals surface area contributed by atoms with Crippen molar-refractivity contribution >= 4 is 9.84 Å². The maximum Gasteiger partial charge on any atom is 0.186 e. The van der Waals surface area contributed by atoms with Gasteiger partial charge in [-0.1, -0.05) is 78.9 Å². The number of fused-ring (bicyclic) bond motifs is 2. The second-order valence-electron chi connectivity index (χ2n) is 8.61. The summed E-state index contributed by atoms with van der Waals surface area (Å²) in [7, 11) is -2.20. The van der Waals surface area contributed by atoms with Gasteiger partial charge in [0.15, 0.2) is 9.84 Å². The molecular formula is C27H28O6S. The monoisotopic (exact) mass is 480 g/mol. The summed E-state index contributed by atoms with van der Waals surface area (Å²) in [5.41, 5.74) is 2.02. The van der Waals surface area contributed by atoms with Gasteiger partial charge in [-0.3, -0.25) is 0 Å². The van der Waals surface area contributed by atoms with E-state index < -0.39 is 45.6 Å². The molecule has 2 heterocycles. The van der Waals surface area contributed by atoms with Crippen LogP contribution in [0.25, 0.3) is 0 Å². The van der Waals surface area contributed by atoms with Crippen LogP contribution in [0.2, 0.25) is 0 Å². The molecule has 0 radical (unpaired) electrons. The molecule has 6 nitrogen and oxygen atoms in total. The number of sulfone groups is 1. The summed E-state index contributed by atoms with van der Waals surface area (Å²) in [6, 6.07) is 28.1. The van der Waals surface area contributed by atoms with Gasteiger partial charge in [0, 0.05) is 7.11 Å². The molecule has 34 heavy (non-hydrogen) atoms. The van der Waals surface area contributed by atoms with E-state index in [-0.39, 0.29) is 4.90 Å². The molecule has 0 N–H and O–H groups in total. The van der Waals surface area contributed by atoms with E-state index in [0.29, 0.717) is 13.2 Å². The third kappa shape index (κ3) is 4.42. The molecule has 0 spiro atoms. The fourth-order valence-corrected chi connectivity index (χ4v) is 6.96. The molecule has 5 rings (SSSR count). The average molecular weight is 481 g/mol. The maximum absolute atomic E-state index is 13.6. The third-order valence-electron chi connectivity index (χ3n) is 6.53. The molecule has 2 aliphatic heterocycles. The number of hydrogen-bond donors (Lipinski definition) is 0. The third-order valence-corrected chi connectivity index (χ3v) is 8.71. The van der Waals surface area contributed by atoms with E-state index >= 15 is 0 Å². The second kappa shape index (κ2) is 9.98. The van der Waals surface area contributed by atoms with Gasteiger partial charge in [-0.05, 0) is 23.3 Å². The van der Waals surface area contributed by atoms with E-state index in [9.17, 15) is 8.42 Å². The Hall–Kier alpha value is -2.55. The first-order chi connectivity index (χ1) is 16.6. The van der Waals surface area contributed by atoms with Gasteiger partial charge in [0.1, 0.15) is 35.8 Å². The number of ether oxygens (including phenoxy) is 4. The molecule has 3 aromatic carbocycles. The fraction of sp³-hybridized carbons (Fsp3) is 0.333. The highest BCUT2D eigenvalue weighted by Crippen LogP contribution is 2.45. The Kier molecular flexibility index (Phi) is 6.81.